The number of rotatable bonds is 6. The fraction of sp³-hybridized carbons (Fsp3) is 0.308. The van der Waals surface area contributed by atoms with E-state index >= 15 is 0 Å². The van der Waals surface area contributed by atoms with E-state index in [-0.39, 0.29) is 11.8 Å². The molecule has 33 heavy (non-hydrogen) atoms. The Labute approximate surface area is 192 Å². The van der Waals surface area contributed by atoms with Crippen molar-refractivity contribution in [2.45, 2.75) is 25.8 Å². The van der Waals surface area contributed by atoms with Crippen LogP contribution in [0.4, 0.5) is 5.69 Å². The summed E-state index contributed by atoms with van der Waals surface area (Å²) in [6, 6.07) is 16.0. The number of piperazine rings is 1. The van der Waals surface area contributed by atoms with Gasteiger partial charge in [0.2, 0.25) is 0 Å². The molecule has 7 nitrogen and oxygen atoms in total. The van der Waals surface area contributed by atoms with E-state index in [1.807, 2.05) is 30.3 Å². The molecule has 1 aliphatic rings. The zero-order valence-electron chi connectivity index (χ0n) is 18.7. The maximum absolute atomic E-state index is 11.5. The Kier molecular flexibility index (Phi) is 5.53. The average Bonchev–Trinajstić information content (AvgIpc) is 3.46. The van der Waals surface area contributed by atoms with Crippen molar-refractivity contribution < 1.29 is 9.21 Å². The number of aromatic amines is 1. The molecule has 0 saturated carbocycles. The van der Waals surface area contributed by atoms with E-state index in [9.17, 15) is 10.1 Å². The van der Waals surface area contributed by atoms with E-state index in [1.54, 1.807) is 6.07 Å². The van der Waals surface area contributed by atoms with Crippen LogP contribution in [0, 0.1) is 11.3 Å². The number of carbonyl (C=O) groups excluding carboxylic acids is 1. The van der Waals surface area contributed by atoms with Crippen LogP contribution in [0.5, 0.6) is 0 Å². The number of fused-ring (bicyclic) bond motifs is 2. The van der Waals surface area contributed by atoms with Gasteiger partial charge in [-0.15, -0.1) is 0 Å². The molecular weight excluding hydrogens is 414 g/mol. The van der Waals surface area contributed by atoms with Crippen molar-refractivity contribution >= 4 is 33.5 Å². The summed E-state index contributed by atoms with van der Waals surface area (Å²) in [5, 5.41) is 11.4. The van der Waals surface area contributed by atoms with Crippen molar-refractivity contribution in [2.75, 3.05) is 31.1 Å². The van der Waals surface area contributed by atoms with Gasteiger partial charge in [-0.2, -0.15) is 5.26 Å². The first-order valence-electron chi connectivity index (χ1n) is 11.4. The second kappa shape index (κ2) is 8.64. The molecule has 1 unspecified atom stereocenters. The molecule has 0 spiro atoms. The molecule has 0 bridgehead atoms. The van der Waals surface area contributed by atoms with E-state index in [2.05, 4.69) is 40.0 Å². The molecule has 7 heteroatoms. The van der Waals surface area contributed by atoms with Gasteiger partial charge < -0.3 is 20.0 Å². The van der Waals surface area contributed by atoms with Crippen molar-refractivity contribution in [1.82, 2.24) is 9.88 Å². The Hall–Kier alpha value is -3.76. The first-order valence-corrected chi connectivity index (χ1v) is 11.4. The highest BCUT2D eigenvalue weighted by Gasteiger charge is 2.30. The average molecular weight is 442 g/mol. The number of aromatic nitrogens is 1. The standard InChI is InChI=1S/C26H27N5O2/c1-2-3-8-30-9-10-31(19-5-7-24-18(12-19)13-25(33-24)26(28)32)16-23(30)21-15-29-22-6-4-17(14-27)11-20(21)22/h4-7,11-13,15,23,29H,2-3,8-10,16H2,1H3,(H2,28,32). The number of benzene rings is 2. The number of carbonyl (C=O) groups is 1. The second-order valence-corrected chi connectivity index (χ2v) is 8.66. The number of hydrogen-bond donors (Lipinski definition) is 2. The van der Waals surface area contributed by atoms with Gasteiger partial charge in [0.15, 0.2) is 5.76 Å². The van der Waals surface area contributed by atoms with Gasteiger partial charge in [-0.05, 0) is 61.0 Å². The largest absolute Gasteiger partial charge is 0.451 e. The van der Waals surface area contributed by atoms with Crippen LogP contribution in [0.15, 0.2) is 53.1 Å². The van der Waals surface area contributed by atoms with Crippen molar-refractivity contribution in [3.05, 3.63) is 65.5 Å². The highest BCUT2D eigenvalue weighted by atomic mass is 16.3. The maximum Gasteiger partial charge on any atom is 0.284 e. The lowest BCUT2D eigenvalue weighted by atomic mass is 9.99. The number of nitrogens with two attached hydrogens (primary N) is 1. The molecule has 1 amide bonds. The minimum atomic E-state index is -0.562. The van der Waals surface area contributed by atoms with E-state index < -0.39 is 5.91 Å². The number of nitrogens with zero attached hydrogens (tertiary/aromatic N) is 3. The Balaban J connectivity index is 1.50. The summed E-state index contributed by atoms with van der Waals surface area (Å²) in [4.78, 5) is 19.8. The molecule has 1 fully saturated rings. The number of H-pyrrole nitrogens is 1. The second-order valence-electron chi connectivity index (χ2n) is 8.66. The highest BCUT2D eigenvalue weighted by molar-refractivity contribution is 5.95. The van der Waals surface area contributed by atoms with E-state index in [0.717, 1.165) is 61.0 Å². The highest BCUT2D eigenvalue weighted by Crippen LogP contribution is 2.34. The van der Waals surface area contributed by atoms with Crippen molar-refractivity contribution in [1.29, 1.82) is 5.26 Å². The van der Waals surface area contributed by atoms with Crippen LogP contribution >= 0.6 is 0 Å². The van der Waals surface area contributed by atoms with Crippen LogP contribution in [0.3, 0.4) is 0 Å². The van der Waals surface area contributed by atoms with Crippen LogP contribution in [-0.2, 0) is 0 Å². The smallest absolute Gasteiger partial charge is 0.284 e. The van der Waals surface area contributed by atoms with Gasteiger partial charge in [0.1, 0.15) is 5.58 Å². The summed E-state index contributed by atoms with van der Waals surface area (Å²) in [6.07, 6.45) is 4.40. The number of nitriles is 1. The van der Waals surface area contributed by atoms with Crippen molar-refractivity contribution in [3.63, 3.8) is 0 Å². The van der Waals surface area contributed by atoms with Crippen molar-refractivity contribution in [3.8, 4) is 6.07 Å². The van der Waals surface area contributed by atoms with Gasteiger partial charge >= 0.3 is 0 Å². The lowest BCUT2D eigenvalue weighted by molar-refractivity contribution is 0.0976. The normalized spacial score (nSPS) is 17.0. The van der Waals surface area contributed by atoms with E-state index in [4.69, 9.17) is 10.2 Å². The van der Waals surface area contributed by atoms with Crippen LogP contribution in [0.2, 0.25) is 0 Å². The molecule has 0 radical (unpaired) electrons. The number of primary amides is 1. The minimum Gasteiger partial charge on any atom is -0.451 e. The molecule has 2 aromatic heterocycles. The van der Waals surface area contributed by atoms with Crippen molar-refractivity contribution in [2.24, 2.45) is 5.73 Å². The molecule has 3 N–H and O–H groups in total. The molecule has 168 valence electrons. The van der Waals surface area contributed by atoms with Crippen LogP contribution in [-0.4, -0.2) is 42.0 Å². The summed E-state index contributed by atoms with van der Waals surface area (Å²) in [5.41, 5.74) is 10.1. The quantitative estimate of drug-likeness (QED) is 0.457. The molecule has 1 atom stereocenters. The van der Waals surface area contributed by atoms with Crippen LogP contribution in [0.1, 0.15) is 47.5 Å². The van der Waals surface area contributed by atoms with E-state index in [0.29, 0.717) is 11.1 Å². The van der Waals surface area contributed by atoms with Gasteiger partial charge in [0, 0.05) is 47.8 Å². The number of unbranched alkanes of at least 4 members (excludes halogenated alkanes) is 1. The number of amides is 1. The molecule has 5 rings (SSSR count). The topological polar surface area (TPSA) is 102 Å². The van der Waals surface area contributed by atoms with Gasteiger partial charge in [-0.1, -0.05) is 13.3 Å². The van der Waals surface area contributed by atoms with Gasteiger partial charge in [0.05, 0.1) is 17.7 Å². The molecule has 0 aliphatic carbocycles. The molecule has 1 aliphatic heterocycles. The SMILES string of the molecule is CCCCN1CCN(c2ccc3oc(C(N)=O)cc3c2)CC1c1c[nH]c2ccc(C#N)cc12. The summed E-state index contributed by atoms with van der Waals surface area (Å²) in [6.45, 7) is 5.96. The number of hydrogen-bond acceptors (Lipinski definition) is 5. The minimum absolute atomic E-state index is 0.177. The van der Waals surface area contributed by atoms with Crippen LogP contribution < -0.4 is 10.6 Å². The monoisotopic (exact) mass is 441 g/mol. The Bertz CT molecular complexity index is 1360. The zero-order chi connectivity index (χ0) is 22.9. The molecule has 1 saturated heterocycles. The molecule has 4 aromatic rings. The van der Waals surface area contributed by atoms with Gasteiger partial charge in [-0.3, -0.25) is 9.69 Å². The first kappa shape index (κ1) is 21.1. The molecule has 2 aromatic carbocycles. The summed E-state index contributed by atoms with van der Waals surface area (Å²) < 4.78 is 5.55. The summed E-state index contributed by atoms with van der Waals surface area (Å²) >= 11 is 0. The lowest BCUT2D eigenvalue weighted by Gasteiger charge is -2.42. The fourth-order valence-electron chi connectivity index (χ4n) is 4.82. The third-order valence-electron chi connectivity index (χ3n) is 6.60. The zero-order valence-corrected chi connectivity index (χ0v) is 18.7. The Morgan fingerprint density at radius 1 is 1.24 bits per heavy atom. The van der Waals surface area contributed by atoms with Crippen LogP contribution in [0.25, 0.3) is 21.9 Å². The predicted molar refractivity (Wildman–Crippen MR) is 129 cm³/mol. The lowest BCUT2D eigenvalue weighted by Crippen LogP contribution is -2.48. The predicted octanol–water partition coefficient (Wildman–Crippen LogP) is 4.55. The van der Waals surface area contributed by atoms with Gasteiger partial charge in [0.25, 0.3) is 5.91 Å². The third-order valence-corrected chi connectivity index (χ3v) is 6.60. The Morgan fingerprint density at radius 3 is 2.91 bits per heavy atom. The summed E-state index contributed by atoms with van der Waals surface area (Å²) in [5.74, 6) is -0.384. The fourth-order valence-corrected chi connectivity index (χ4v) is 4.82. The van der Waals surface area contributed by atoms with E-state index in [1.165, 1.54) is 5.56 Å². The molecular formula is C26H27N5O2. The number of furan rings is 1. The van der Waals surface area contributed by atoms with Gasteiger partial charge in [-0.25, -0.2) is 0 Å². The maximum atomic E-state index is 11.5. The Morgan fingerprint density at radius 2 is 2.12 bits per heavy atom. The molecule has 3 heterocycles. The summed E-state index contributed by atoms with van der Waals surface area (Å²) in [7, 11) is 0. The number of nitrogens with one attached hydrogen (secondary N) is 1. The third kappa shape index (κ3) is 3.94. The first-order chi connectivity index (χ1) is 16.1. The number of anilines is 1.